The molecule has 1 N–H and O–H groups in total. The zero-order valence-corrected chi connectivity index (χ0v) is 16.3. The highest BCUT2D eigenvalue weighted by Gasteiger charge is 2.14. The summed E-state index contributed by atoms with van der Waals surface area (Å²) >= 11 is 3.44. The van der Waals surface area contributed by atoms with Crippen molar-refractivity contribution in [1.29, 1.82) is 0 Å². The topological polar surface area (TPSA) is 65.4 Å². The van der Waals surface area contributed by atoms with Crippen molar-refractivity contribution in [3.63, 3.8) is 0 Å². The van der Waals surface area contributed by atoms with Crippen LogP contribution in [0.1, 0.15) is 24.7 Å². The van der Waals surface area contributed by atoms with Crippen LogP contribution in [0.3, 0.4) is 0 Å². The minimum Gasteiger partial charge on any atom is -0.490 e. The lowest BCUT2D eigenvalue weighted by Crippen LogP contribution is -2.16. The van der Waals surface area contributed by atoms with Gasteiger partial charge in [-0.25, -0.2) is 0 Å². The van der Waals surface area contributed by atoms with Gasteiger partial charge < -0.3 is 14.8 Å². The molecule has 0 saturated carbocycles. The number of alkyl halides is 2. The van der Waals surface area contributed by atoms with Gasteiger partial charge in [-0.05, 0) is 48.8 Å². The molecule has 0 fully saturated rings. The van der Waals surface area contributed by atoms with Crippen LogP contribution in [-0.2, 0) is 11.3 Å². The molecule has 0 unspecified atom stereocenters. The summed E-state index contributed by atoms with van der Waals surface area (Å²) in [4.78, 5) is 12.2. The maximum atomic E-state index is 12.4. The Morgan fingerprint density at radius 2 is 2.08 bits per heavy atom. The van der Waals surface area contributed by atoms with E-state index in [9.17, 15) is 13.6 Å². The Balaban J connectivity index is 2.01. The molecule has 1 amide bonds. The Kier molecular flexibility index (Phi) is 6.96. The third kappa shape index (κ3) is 5.17. The lowest BCUT2D eigenvalue weighted by molar-refractivity contribution is -0.116. The fourth-order valence-corrected chi connectivity index (χ4v) is 2.66. The standard InChI is InChI=1S/C17H20BrF2N3O3/c1-4-25-14-9-12(5-6-13(14)26-17(19)20)21-15(24)7-8-23-11(3)16(18)10(2)22-23/h5-6,9,17H,4,7-8H2,1-3H3,(H,21,24). The van der Waals surface area contributed by atoms with Gasteiger partial charge in [0.05, 0.1) is 23.3 Å². The zero-order valence-electron chi connectivity index (χ0n) is 14.7. The van der Waals surface area contributed by atoms with Crippen molar-refractivity contribution in [2.45, 2.75) is 40.3 Å². The predicted molar refractivity (Wildman–Crippen MR) is 96.9 cm³/mol. The summed E-state index contributed by atoms with van der Waals surface area (Å²) in [5, 5.41) is 7.07. The first-order chi connectivity index (χ1) is 12.3. The molecular weight excluding hydrogens is 412 g/mol. The van der Waals surface area contributed by atoms with E-state index in [0.29, 0.717) is 12.2 Å². The number of aryl methyl sites for hydroxylation is 2. The number of halogens is 3. The van der Waals surface area contributed by atoms with E-state index in [4.69, 9.17) is 4.74 Å². The highest BCUT2D eigenvalue weighted by Crippen LogP contribution is 2.31. The minimum absolute atomic E-state index is 0.0765. The van der Waals surface area contributed by atoms with E-state index < -0.39 is 6.61 Å². The summed E-state index contributed by atoms with van der Waals surface area (Å²) in [5.41, 5.74) is 2.25. The molecule has 0 aliphatic carbocycles. The molecule has 0 aliphatic heterocycles. The van der Waals surface area contributed by atoms with Crippen LogP contribution in [0.5, 0.6) is 11.5 Å². The molecule has 1 aromatic carbocycles. The van der Waals surface area contributed by atoms with Gasteiger partial charge in [0.25, 0.3) is 0 Å². The second-order valence-electron chi connectivity index (χ2n) is 5.48. The third-order valence-corrected chi connectivity index (χ3v) is 4.73. The molecule has 0 atom stereocenters. The predicted octanol–water partition coefficient (Wildman–Crippen LogP) is 4.29. The third-order valence-electron chi connectivity index (χ3n) is 3.59. The summed E-state index contributed by atoms with van der Waals surface area (Å²) in [5.74, 6) is -0.154. The highest BCUT2D eigenvalue weighted by atomic mass is 79.9. The van der Waals surface area contributed by atoms with Gasteiger partial charge >= 0.3 is 6.61 Å². The number of carbonyl (C=O) groups is 1. The molecule has 2 aromatic rings. The number of aromatic nitrogens is 2. The molecule has 26 heavy (non-hydrogen) atoms. The van der Waals surface area contributed by atoms with Gasteiger partial charge in [0, 0.05) is 23.9 Å². The first-order valence-electron chi connectivity index (χ1n) is 8.02. The van der Waals surface area contributed by atoms with E-state index in [1.165, 1.54) is 18.2 Å². The van der Waals surface area contributed by atoms with Crippen molar-refractivity contribution in [2.24, 2.45) is 0 Å². The average molecular weight is 432 g/mol. The van der Waals surface area contributed by atoms with Crippen molar-refractivity contribution in [3.05, 3.63) is 34.1 Å². The van der Waals surface area contributed by atoms with Crippen molar-refractivity contribution in [3.8, 4) is 11.5 Å². The van der Waals surface area contributed by atoms with Crippen molar-refractivity contribution in [2.75, 3.05) is 11.9 Å². The average Bonchev–Trinajstić information content (AvgIpc) is 2.82. The number of anilines is 1. The molecule has 0 spiro atoms. The van der Waals surface area contributed by atoms with Crippen LogP contribution >= 0.6 is 15.9 Å². The molecule has 0 aliphatic rings. The maximum Gasteiger partial charge on any atom is 0.387 e. The van der Waals surface area contributed by atoms with Crippen LogP contribution in [0.2, 0.25) is 0 Å². The fraction of sp³-hybridized carbons (Fsp3) is 0.412. The Morgan fingerprint density at radius 3 is 2.65 bits per heavy atom. The summed E-state index contributed by atoms with van der Waals surface area (Å²) in [6, 6.07) is 4.28. The molecule has 9 heteroatoms. The van der Waals surface area contributed by atoms with Crippen LogP contribution in [0.4, 0.5) is 14.5 Å². The highest BCUT2D eigenvalue weighted by molar-refractivity contribution is 9.10. The molecule has 2 rings (SSSR count). The number of hydrogen-bond donors (Lipinski definition) is 1. The van der Waals surface area contributed by atoms with Crippen LogP contribution in [0.25, 0.3) is 0 Å². The molecule has 1 heterocycles. The largest absolute Gasteiger partial charge is 0.490 e. The molecule has 0 bridgehead atoms. The molecule has 0 saturated heterocycles. The van der Waals surface area contributed by atoms with Gasteiger partial charge in [-0.15, -0.1) is 0 Å². The summed E-state index contributed by atoms with van der Waals surface area (Å²) in [6.07, 6.45) is 0.216. The molecular formula is C17H20BrF2N3O3. The van der Waals surface area contributed by atoms with E-state index >= 15 is 0 Å². The van der Waals surface area contributed by atoms with Crippen LogP contribution < -0.4 is 14.8 Å². The van der Waals surface area contributed by atoms with Gasteiger partial charge in [0.1, 0.15) is 0 Å². The number of ether oxygens (including phenoxy) is 2. The van der Waals surface area contributed by atoms with Crippen molar-refractivity contribution < 1.29 is 23.0 Å². The molecule has 142 valence electrons. The van der Waals surface area contributed by atoms with Gasteiger partial charge in [0.2, 0.25) is 5.91 Å². The lowest BCUT2D eigenvalue weighted by atomic mass is 10.2. The van der Waals surface area contributed by atoms with Gasteiger partial charge in [-0.3, -0.25) is 9.48 Å². The van der Waals surface area contributed by atoms with E-state index in [2.05, 4.69) is 31.1 Å². The Bertz CT molecular complexity index is 781. The molecule has 0 radical (unpaired) electrons. The number of amides is 1. The van der Waals surface area contributed by atoms with Crippen molar-refractivity contribution >= 4 is 27.5 Å². The minimum atomic E-state index is -2.95. The normalized spacial score (nSPS) is 10.9. The first-order valence-corrected chi connectivity index (χ1v) is 8.82. The summed E-state index contributed by atoms with van der Waals surface area (Å²) in [6.45, 7) is 3.28. The Hall–Kier alpha value is -2.16. The van der Waals surface area contributed by atoms with Gasteiger partial charge in [0.15, 0.2) is 11.5 Å². The fourth-order valence-electron chi connectivity index (χ4n) is 2.37. The second-order valence-corrected chi connectivity index (χ2v) is 6.27. The number of rotatable bonds is 8. The number of hydrogen-bond acceptors (Lipinski definition) is 4. The molecule has 1 aromatic heterocycles. The molecule has 6 nitrogen and oxygen atoms in total. The maximum absolute atomic E-state index is 12.4. The van der Waals surface area contributed by atoms with Gasteiger partial charge in [-0.1, -0.05) is 0 Å². The van der Waals surface area contributed by atoms with Gasteiger partial charge in [-0.2, -0.15) is 13.9 Å². The van der Waals surface area contributed by atoms with E-state index in [1.807, 2.05) is 13.8 Å². The quantitative estimate of drug-likeness (QED) is 0.676. The Morgan fingerprint density at radius 1 is 1.35 bits per heavy atom. The van der Waals surface area contributed by atoms with Crippen LogP contribution in [-0.4, -0.2) is 28.9 Å². The number of nitrogens with one attached hydrogen (secondary N) is 1. The van der Waals surface area contributed by atoms with Crippen LogP contribution in [0.15, 0.2) is 22.7 Å². The number of carbonyl (C=O) groups excluding carboxylic acids is 1. The number of nitrogens with zero attached hydrogens (tertiary/aromatic N) is 2. The first kappa shape index (κ1) is 20.2. The summed E-state index contributed by atoms with van der Waals surface area (Å²) < 4.78 is 37.2. The second kappa shape index (κ2) is 8.98. The zero-order chi connectivity index (χ0) is 19.3. The van der Waals surface area contributed by atoms with E-state index in [1.54, 1.807) is 11.6 Å². The SMILES string of the molecule is CCOc1cc(NC(=O)CCn2nc(C)c(Br)c2C)ccc1OC(F)F. The monoisotopic (exact) mass is 431 g/mol. The summed E-state index contributed by atoms with van der Waals surface area (Å²) in [7, 11) is 0. The van der Waals surface area contributed by atoms with E-state index in [0.717, 1.165) is 15.9 Å². The Labute approximate surface area is 158 Å². The number of benzene rings is 1. The smallest absolute Gasteiger partial charge is 0.387 e. The lowest BCUT2D eigenvalue weighted by Gasteiger charge is -2.13. The van der Waals surface area contributed by atoms with Crippen LogP contribution in [0, 0.1) is 13.8 Å². The van der Waals surface area contributed by atoms with Crippen molar-refractivity contribution in [1.82, 2.24) is 9.78 Å². The van der Waals surface area contributed by atoms with E-state index in [-0.39, 0.29) is 30.4 Å².